The smallest absolute Gasteiger partial charge is 0.313 e. The summed E-state index contributed by atoms with van der Waals surface area (Å²) in [6.45, 7) is 1.21. The first kappa shape index (κ1) is 19.7. The molecule has 2 amide bonds. The first-order valence-electron chi connectivity index (χ1n) is 8.66. The molecule has 0 aromatic heterocycles. The van der Waals surface area contributed by atoms with Crippen LogP contribution in [-0.4, -0.2) is 31.0 Å². The van der Waals surface area contributed by atoms with Crippen molar-refractivity contribution < 1.29 is 23.9 Å². The van der Waals surface area contributed by atoms with Gasteiger partial charge in [-0.15, -0.1) is 0 Å². The molecule has 8 heteroatoms. The molecule has 146 valence electrons. The fraction of sp³-hybridized carbons (Fsp3) is 0.250. The Balaban J connectivity index is 1.48. The summed E-state index contributed by atoms with van der Waals surface area (Å²) in [5, 5.41) is 5.83. The van der Waals surface area contributed by atoms with Gasteiger partial charge < -0.3 is 20.1 Å². The Kier molecular flexibility index (Phi) is 6.16. The van der Waals surface area contributed by atoms with Gasteiger partial charge in [0, 0.05) is 23.3 Å². The number of carbonyl (C=O) groups excluding carboxylic acids is 3. The zero-order valence-corrected chi connectivity index (χ0v) is 15.9. The van der Waals surface area contributed by atoms with Crippen LogP contribution in [0.3, 0.4) is 0 Å². The van der Waals surface area contributed by atoms with Gasteiger partial charge in [-0.2, -0.15) is 0 Å². The topological polar surface area (TPSA) is 93.7 Å². The minimum Gasteiger partial charge on any atom is -0.492 e. The van der Waals surface area contributed by atoms with E-state index in [1.807, 2.05) is 0 Å². The summed E-state index contributed by atoms with van der Waals surface area (Å²) in [6.07, 6.45) is 0.445. The van der Waals surface area contributed by atoms with E-state index >= 15 is 0 Å². The van der Waals surface area contributed by atoms with E-state index in [2.05, 4.69) is 10.6 Å². The Labute approximate surface area is 167 Å². The largest absolute Gasteiger partial charge is 0.492 e. The van der Waals surface area contributed by atoms with Crippen molar-refractivity contribution in [3.63, 3.8) is 0 Å². The van der Waals surface area contributed by atoms with Gasteiger partial charge in [0.2, 0.25) is 5.91 Å². The summed E-state index contributed by atoms with van der Waals surface area (Å²) >= 11 is 5.97. The predicted octanol–water partition coefficient (Wildman–Crippen LogP) is 3.03. The predicted molar refractivity (Wildman–Crippen MR) is 104 cm³/mol. The summed E-state index contributed by atoms with van der Waals surface area (Å²) in [7, 11) is 0. The molecule has 2 aromatic rings. The van der Waals surface area contributed by atoms with Crippen LogP contribution in [0.5, 0.6) is 5.75 Å². The average molecular weight is 403 g/mol. The Bertz CT molecular complexity index is 898. The molecule has 0 saturated heterocycles. The molecule has 2 N–H and O–H groups in total. The molecule has 0 spiro atoms. The highest BCUT2D eigenvalue weighted by Crippen LogP contribution is 2.30. The maximum absolute atomic E-state index is 12.2. The number of esters is 1. The van der Waals surface area contributed by atoms with Crippen molar-refractivity contribution in [2.75, 3.05) is 23.8 Å². The van der Waals surface area contributed by atoms with Gasteiger partial charge in [-0.25, -0.2) is 0 Å². The van der Waals surface area contributed by atoms with Gasteiger partial charge in [0.05, 0.1) is 5.92 Å². The first-order chi connectivity index (χ1) is 13.4. The van der Waals surface area contributed by atoms with Crippen molar-refractivity contribution in [2.45, 2.75) is 13.3 Å². The second kappa shape index (κ2) is 8.75. The maximum atomic E-state index is 12.2. The number of hydrogen-bond acceptors (Lipinski definition) is 5. The lowest BCUT2D eigenvalue weighted by molar-refractivity contribution is -0.152. The van der Waals surface area contributed by atoms with Crippen LogP contribution in [0.4, 0.5) is 11.4 Å². The molecule has 0 bridgehead atoms. The zero-order valence-electron chi connectivity index (χ0n) is 15.2. The van der Waals surface area contributed by atoms with Crippen molar-refractivity contribution in [1.29, 1.82) is 0 Å². The van der Waals surface area contributed by atoms with Crippen LogP contribution in [0.2, 0.25) is 5.02 Å². The molecule has 28 heavy (non-hydrogen) atoms. The number of benzene rings is 2. The van der Waals surface area contributed by atoms with Gasteiger partial charge in [-0.05, 0) is 54.4 Å². The average Bonchev–Trinajstić information content (AvgIpc) is 2.66. The Morgan fingerprint density at radius 3 is 2.46 bits per heavy atom. The highest BCUT2D eigenvalue weighted by atomic mass is 35.5. The van der Waals surface area contributed by atoms with E-state index in [9.17, 15) is 14.4 Å². The third kappa shape index (κ3) is 5.23. The van der Waals surface area contributed by atoms with Gasteiger partial charge in [0.1, 0.15) is 12.4 Å². The molecule has 1 heterocycles. The maximum Gasteiger partial charge on any atom is 0.313 e. The minimum absolute atomic E-state index is 0.180. The highest BCUT2D eigenvalue weighted by molar-refractivity contribution is 6.30. The van der Waals surface area contributed by atoms with Crippen LogP contribution in [-0.2, 0) is 25.5 Å². The SMILES string of the molecule is CC(=O)Nc1ccc(NC(=O)COC(=O)[C@@H]2COc3ccc(Cl)cc3C2)cc1. The monoisotopic (exact) mass is 402 g/mol. The summed E-state index contributed by atoms with van der Waals surface area (Å²) in [4.78, 5) is 35.2. The number of hydrogen-bond donors (Lipinski definition) is 2. The number of fused-ring (bicyclic) bond motifs is 1. The van der Waals surface area contributed by atoms with Crippen molar-refractivity contribution in [1.82, 2.24) is 0 Å². The summed E-state index contributed by atoms with van der Waals surface area (Å²) in [5.41, 5.74) is 1.98. The standard InChI is InChI=1S/C20H19ClN2O5/c1-12(24)22-16-3-5-17(6-4-16)23-19(25)11-28-20(26)14-8-13-9-15(21)2-7-18(13)27-10-14/h2-7,9,14H,8,10-11H2,1H3,(H,22,24)(H,23,25)/t14-/m0/s1. The van der Waals surface area contributed by atoms with Gasteiger partial charge >= 0.3 is 5.97 Å². The zero-order chi connectivity index (χ0) is 20.1. The highest BCUT2D eigenvalue weighted by Gasteiger charge is 2.28. The van der Waals surface area contributed by atoms with E-state index in [0.29, 0.717) is 28.6 Å². The van der Waals surface area contributed by atoms with Crippen molar-refractivity contribution in [3.05, 3.63) is 53.1 Å². The van der Waals surface area contributed by atoms with Crippen LogP contribution in [0.15, 0.2) is 42.5 Å². The lowest BCUT2D eigenvalue weighted by Crippen LogP contribution is -2.31. The van der Waals surface area contributed by atoms with Crippen molar-refractivity contribution in [2.24, 2.45) is 5.92 Å². The van der Waals surface area contributed by atoms with Gasteiger partial charge in [0.15, 0.2) is 6.61 Å². The molecular formula is C20H19ClN2O5. The van der Waals surface area contributed by atoms with E-state index < -0.39 is 24.4 Å². The molecule has 1 aliphatic heterocycles. The van der Waals surface area contributed by atoms with E-state index in [0.717, 1.165) is 5.56 Å². The van der Waals surface area contributed by atoms with Gasteiger partial charge in [-0.1, -0.05) is 11.6 Å². The quantitative estimate of drug-likeness (QED) is 0.750. The number of anilines is 2. The van der Waals surface area contributed by atoms with E-state index in [-0.39, 0.29) is 12.5 Å². The third-order valence-corrected chi connectivity index (χ3v) is 4.33. The summed E-state index contributed by atoms with van der Waals surface area (Å²) in [6, 6.07) is 11.8. The van der Waals surface area contributed by atoms with E-state index in [1.54, 1.807) is 42.5 Å². The minimum atomic E-state index is -0.498. The molecule has 3 rings (SSSR count). The number of carbonyl (C=O) groups is 3. The van der Waals surface area contributed by atoms with E-state index in [1.165, 1.54) is 6.92 Å². The summed E-state index contributed by atoms with van der Waals surface area (Å²) < 4.78 is 10.7. The molecule has 0 saturated carbocycles. The van der Waals surface area contributed by atoms with Crippen LogP contribution < -0.4 is 15.4 Å². The van der Waals surface area contributed by atoms with Gasteiger partial charge in [0.25, 0.3) is 5.91 Å². The molecule has 0 aliphatic carbocycles. The molecule has 7 nitrogen and oxygen atoms in total. The van der Waals surface area contributed by atoms with Crippen LogP contribution >= 0.6 is 11.6 Å². The second-order valence-corrected chi connectivity index (χ2v) is 6.81. The molecule has 0 fully saturated rings. The van der Waals surface area contributed by atoms with Gasteiger partial charge in [-0.3, -0.25) is 14.4 Å². The lowest BCUT2D eigenvalue weighted by atomic mass is 9.97. The molecule has 0 unspecified atom stereocenters. The number of halogens is 1. The molecule has 1 atom stereocenters. The molecule has 0 radical (unpaired) electrons. The Morgan fingerprint density at radius 1 is 1.11 bits per heavy atom. The molecule has 2 aromatic carbocycles. The first-order valence-corrected chi connectivity index (χ1v) is 9.04. The van der Waals surface area contributed by atoms with Crippen LogP contribution in [0.1, 0.15) is 12.5 Å². The Hall–Kier alpha value is -3.06. The number of nitrogens with one attached hydrogen (secondary N) is 2. The van der Waals surface area contributed by atoms with Crippen LogP contribution in [0.25, 0.3) is 0 Å². The number of rotatable bonds is 5. The third-order valence-electron chi connectivity index (χ3n) is 4.10. The molecular weight excluding hydrogens is 384 g/mol. The fourth-order valence-corrected chi connectivity index (χ4v) is 3.00. The second-order valence-electron chi connectivity index (χ2n) is 6.38. The molecule has 1 aliphatic rings. The fourth-order valence-electron chi connectivity index (χ4n) is 2.81. The number of amides is 2. The van der Waals surface area contributed by atoms with Crippen molar-refractivity contribution >= 4 is 40.8 Å². The number of ether oxygens (including phenoxy) is 2. The van der Waals surface area contributed by atoms with Crippen LogP contribution in [0, 0.1) is 5.92 Å². The summed E-state index contributed by atoms with van der Waals surface area (Å²) in [5.74, 6) is -0.924. The van der Waals surface area contributed by atoms with E-state index in [4.69, 9.17) is 21.1 Å². The Morgan fingerprint density at radius 2 is 1.79 bits per heavy atom. The normalized spacial score (nSPS) is 15.0. The lowest BCUT2D eigenvalue weighted by Gasteiger charge is -2.24. The van der Waals surface area contributed by atoms with Crippen molar-refractivity contribution in [3.8, 4) is 5.75 Å².